The summed E-state index contributed by atoms with van der Waals surface area (Å²) in [5.74, 6) is 0.716. The van der Waals surface area contributed by atoms with Crippen LogP contribution in [-0.4, -0.2) is 15.0 Å². The van der Waals surface area contributed by atoms with Crippen LogP contribution in [0.4, 0.5) is 0 Å². The zero-order valence-electron chi connectivity index (χ0n) is 30.8. The van der Waals surface area contributed by atoms with Crippen molar-refractivity contribution in [2.24, 2.45) is 0 Å². The Hall–Kier alpha value is -7.27. The molecule has 57 heavy (non-hydrogen) atoms. The number of hydrogen-bond donors (Lipinski definition) is 0. The van der Waals surface area contributed by atoms with Crippen LogP contribution in [0.1, 0.15) is 0 Å². The third kappa shape index (κ3) is 5.95. The highest BCUT2D eigenvalue weighted by atomic mass is 32.1. The molecule has 0 fully saturated rings. The van der Waals surface area contributed by atoms with Gasteiger partial charge in [-0.2, -0.15) is 0 Å². The minimum absolute atomic E-state index is 0.716. The first-order chi connectivity index (χ1) is 28.2. The molecule has 0 radical (unpaired) electrons. The van der Waals surface area contributed by atoms with E-state index in [0.29, 0.717) is 5.82 Å². The highest BCUT2D eigenvalue weighted by molar-refractivity contribution is 7.26. The fourth-order valence-corrected chi connectivity index (χ4v) is 9.17. The molecule has 0 spiro atoms. The summed E-state index contributed by atoms with van der Waals surface area (Å²) in [6, 6.07) is 70.8. The second-order valence-corrected chi connectivity index (χ2v) is 15.5. The van der Waals surface area contributed by atoms with E-state index in [0.717, 1.165) is 56.0 Å². The number of aromatic nitrogens is 3. The van der Waals surface area contributed by atoms with Crippen LogP contribution < -0.4 is 0 Å². The van der Waals surface area contributed by atoms with Crippen LogP contribution in [-0.2, 0) is 0 Å². The second-order valence-electron chi connectivity index (χ2n) is 14.4. The normalized spacial score (nSPS) is 11.5. The van der Waals surface area contributed by atoms with Crippen molar-refractivity contribution in [1.29, 1.82) is 0 Å². The lowest BCUT2D eigenvalue weighted by atomic mass is 9.94. The Bertz CT molecular complexity index is 3190. The molecule has 0 unspecified atom stereocenters. The molecule has 3 nitrogen and oxygen atoms in total. The molecular weight excluding hydrogens is 711 g/mol. The molecule has 0 bridgehead atoms. The SMILES string of the molecule is c1ccc(-c2cc(-c3ccc(-c4ccc(-c5ccc6nc(-c7ccccc7)c7ccc8sc9ccccc9c8c7c6c5)cc4)cc3)nc(-c3ccccc3)n2)cc1. The number of fused-ring (bicyclic) bond motifs is 7. The summed E-state index contributed by atoms with van der Waals surface area (Å²) in [6.45, 7) is 0. The minimum atomic E-state index is 0.716. The molecule has 0 aliphatic rings. The van der Waals surface area contributed by atoms with Crippen molar-refractivity contribution in [1.82, 2.24) is 15.0 Å². The summed E-state index contributed by atoms with van der Waals surface area (Å²) in [7, 11) is 0. The van der Waals surface area contributed by atoms with Gasteiger partial charge in [-0.05, 0) is 52.6 Å². The van der Waals surface area contributed by atoms with Gasteiger partial charge in [-0.15, -0.1) is 11.3 Å². The summed E-state index contributed by atoms with van der Waals surface area (Å²) < 4.78 is 2.60. The van der Waals surface area contributed by atoms with Crippen LogP contribution in [0.2, 0.25) is 0 Å². The van der Waals surface area contributed by atoms with E-state index in [1.54, 1.807) is 0 Å². The third-order valence-corrected chi connectivity index (χ3v) is 12.0. The van der Waals surface area contributed by atoms with E-state index in [1.165, 1.54) is 47.5 Å². The van der Waals surface area contributed by atoms with Gasteiger partial charge < -0.3 is 0 Å². The maximum Gasteiger partial charge on any atom is 0.160 e. The van der Waals surface area contributed by atoms with E-state index in [1.807, 2.05) is 47.7 Å². The first-order valence-electron chi connectivity index (χ1n) is 19.2. The van der Waals surface area contributed by atoms with Crippen LogP contribution in [0.3, 0.4) is 0 Å². The Morgan fingerprint density at radius 2 is 0.825 bits per heavy atom. The van der Waals surface area contributed by atoms with Crippen molar-refractivity contribution in [3.05, 3.63) is 200 Å². The van der Waals surface area contributed by atoms with Gasteiger partial charge >= 0.3 is 0 Å². The monoisotopic (exact) mass is 743 g/mol. The van der Waals surface area contributed by atoms with Crippen LogP contribution in [0.25, 0.3) is 109 Å². The van der Waals surface area contributed by atoms with Gasteiger partial charge in [-0.25, -0.2) is 15.0 Å². The lowest BCUT2D eigenvalue weighted by molar-refractivity contribution is 1.18. The minimum Gasteiger partial charge on any atom is -0.247 e. The number of hydrogen-bond acceptors (Lipinski definition) is 4. The van der Waals surface area contributed by atoms with Crippen molar-refractivity contribution < 1.29 is 0 Å². The van der Waals surface area contributed by atoms with Crippen molar-refractivity contribution in [3.8, 4) is 67.4 Å². The van der Waals surface area contributed by atoms with Gasteiger partial charge in [-0.3, -0.25) is 0 Å². The zero-order valence-corrected chi connectivity index (χ0v) is 31.6. The van der Waals surface area contributed by atoms with Crippen LogP contribution in [0.5, 0.6) is 0 Å². The average molecular weight is 744 g/mol. The predicted molar refractivity (Wildman–Crippen MR) is 240 cm³/mol. The van der Waals surface area contributed by atoms with Crippen LogP contribution in [0.15, 0.2) is 200 Å². The Kier molecular flexibility index (Phi) is 8.01. The van der Waals surface area contributed by atoms with E-state index in [2.05, 4.69) is 164 Å². The van der Waals surface area contributed by atoms with E-state index in [-0.39, 0.29) is 0 Å². The number of thiophene rings is 1. The van der Waals surface area contributed by atoms with E-state index < -0.39 is 0 Å². The maximum atomic E-state index is 5.30. The van der Waals surface area contributed by atoms with Gasteiger partial charge in [0.25, 0.3) is 0 Å². The van der Waals surface area contributed by atoms with Crippen molar-refractivity contribution >= 4 is 53.2 Å². The molecule has 0 saturated heterocycles. The topological polar surface area (TPSA) is 38.7 Å². The Labute approximate surface area is 334 Å². The van der Waals surface area contributed by atoms with E-state index >= 15 is 0 Å². The zero-order chi connectivity index (χ0) is 37.7. The van der Waals surface area contributed by atoms with Crippen LogP contribution in [0, 0.1) is 0 Å². The molecule has 0 amide bonds. The number of nitrogens with zero attached hydrogens (tertiary/aromatic N) is 3. The maximum absolute atomic E-state index is 5.30. The summed E-state index contributed by atoms with van der Waals surface area (Å²) in [5.41, 5.74) is 12.7. The molecule has 266 valence electrons. The van der Waals surface area contributed by atoms with Gasteiger partial charge in [0.15, 0.2) is 5.82 Å². The van der Waals surface area contributed by atoms with Gasteiger partial charge in [0, 0.05) is 58.6 Å². The van der Waals surface area contributed by atoms with Crippen molar-refractivity contribution in [2.75, 3.05) is 0 Å². The molecule has 0 aliphatic heterocycles. The van der Waals surface area contributed by atoms with Gasteiger partial charge in [0.2, 0.25) is 0 Å². The lowest BCUT2D eigenvalue weighted by Gasteiger charge is -2.13. The Morgan fingerprint density at radius 1 is 0.298 bits per heavy atom. The molecule has 0 atom stereocenters. The van der Waals surface area contributed by atoms with Crippen molar-refractivity contribution in [3.63, 3.8) is 0 Å². The largest absolute Gasteiger partial charge is 0.247 e. The summed E-state index contributed by atoms with van der Waals surface area (Å²) in [4.78, 5) is 15.3. The van der Waals surface area contributed by atoms with Crippen molar-refractivity contribution in [2.45, 2.75) is 0 Å². The van der Waals surface area contributed by atoms with Gasteiger partial charge in [-0.1, -0.05) is 170 Å². The lowest BCUT2D eigenvalue weighted by Crippen LogP contribution is -1.95. The molecule has 0 aliphatic carbocycles. The average Bonchev–Trinajstić information content (AvgIpc) is 3.68. The van der Waals surface area contributed by atoms with E-state index in [4.69, 9.17) is 15.0 Å². The predicted octanol–water partition coefficient (Wildman–Crippen LogP) is 14.5. The first kappa shape index (κ1) is 33.1. The van der Waals surface area contributed by atoms with Gasteiger partial charge in [0.05, 0.1) is 22.6 Å². The number of benzene rings is 8. The fraction of sp³-hybridized carbons (Fsp3) is 0. The molecule has 11 aromatic rings. The van der Waals surface area contributed by atoms with Gasteiger partial charge in [0.1, 0.15) is 0 Å². The molecular formula is C53H33N3S. The molecule has 0 saturated carbocycles. The van der Waals surface area contributed by atoms with E-state index in [9.17, 15) is 0 Å². The highest BCUT2D eigenvalue weighted by Gasteiger charge is 2.17. The smallest absolute Gasteiger partial charge is 0.160 e. The Balaban J connectivity index is 0.967. The third-order valence-electron chi connectivity index (χ3n) is 10.9. The molecule has 3 heterocycles. The quantitative estimate of drug-likeness (QED) is 0.159. The number of pyridine rings is 1. The molecule has 8 aromatic carbocycles. The summed E-state index contributed by atoms with van der Waals surface area (Å²) in [5, 5.41) is 6.22. The summed E-state index contributed by atoms with van der Waals surface area (Å²) in [6.07, 6.45) is 0. The van der Waals surface area contributed by atoms with Crippen LogP contribution >= 0.6 is 11.3 Å². The fourth-order valence-electron chi connectivity index (χ4n) is 8.06. The first-order valence-corrected chi connectivity index (χ1v) is 20.0. The summed E-state index contributed by atoms with van der Waals surface area (Å²) >= 11 is 1.86. The number of rotatable bonds is 6. The highest BCUT2D eigenvalue weighted by Crippen LogP contribution is 2.44. The molecule has 3 aromatic heterocycles. The standard InChI is InChI=1S/C53H33N3S/c1-4-12-37(13-5-1)46-33-47(56-53(55-46)40-16-8-3-9-17-40)38-26-24-35(25-27-38)34-20-22-36(23-21-34)41-28-30-45-44(32-41)50-43(52(54-45)39-14-6-2-7-15-39)29-31-49-51(50)42-18-10-11-19-48(42)57-49/h1-33H. The molecule has 11 rings (SSSR count). The second kappa shape index (κ2) is 13.8. The molecule has 4 heteroatoms. The molecule has 0 N–H and O–H groups in total. The Morgan fingerprint density at radius 3 is 1.49 bits per heavy atom.